The fraction of sp³-hybridized carbons (Fsp3) is 0.300. The summed E-state index contributed by atoms with van der Waals surface area (Å²) in [6.07, 6.45) is 0. The van der Waals surface area contributed by atoms with Crippen LogP contribution in [0.4, 0.5) is 14.9 Å². The molecule has 136 valence electrons. The highest BCUT2D eigenvalue weighted by Crippen LogP contribution is 2.16. The van der Waals surface area contributed by atoms with Crippen molar-refractivity contribution >= 4 is 17.6 Å². The lowest BCUT2D eigenvalue weighted by atomic mass is 10.0. The zero-order chi connectivity index (χ0) is 18.7. The first-order chi connectivity index (χ1) is 12.4. The van der Waals surface area contributed by atoms with Crippen molar-refractivity contribution in [2.24, 2.45) is 0 Å². The maximum Gasteiger partial charge on any atom is 0.321 e. The molecule has 5 nitrogen and oxygen atoms in total. The highest BCUT2D eigenvalue weighted by molar-refractivity contribution is 5.96. The summed E-state index contributed by atoms with van der Waals surface area (Å²) in [5, 5.41) is 2.75. The number of nitrogens with one attached hydrogen (secondary N) is 1. The van der Waals surface area contributed by atoms with Crippen molar-refractivity contribution in [3.63, 3.8) is 0 Å². The lowest BCUT2D eigenvalue weighted by Crippen LogP contribution is -2.51. The fourth-order valence-corrected chi connectivity index (χ4v) is 3.07. The third-order valence-electron chi connectivity index (χ3n) is 4.56. The van der Waals surface area contributed by atoms with Gasteiger partial charge in [0.05, 0.1) is 0 Å². The third kappa shape index (κ3) is 4.02. The van der Waals surface area contributed by atoms with Crippen LogP contribution < -0.4 is 5.32 Å². The largest absolute Gasteiger partial charge is 0.335 e. The predicted molar refractivity (Wildman–Crippen MR) is 98.8 cm³/mol. The summed E-state index contributed by atoms with van der Waals surface area (Å²) in [5.41, 5.74) is 3.35. The molecule has 1 fully saturated rings. The Morgan fingerprint density at radius 3 is 2.15 bits per heavy atom. The number of amides is 3. The molecule has 6 heteroatoms. The minimum Gasteiger partial charge on any atom is -0.335 e. The summed E-state index contributed by atoms with van der Waals surface area (Å²) in [6.45, 7) is 5.84. The molecule has 2 aromatic carbocycles. The number of aryl methyl sites for hydroxylation is 2. The van der Waals surface area contributed by atoms with Gasteiger partial charge in [-0.1, -0.05) is 17.7 Å². The lowest BCUT2D eigenvalue weighted by molar-refractivity contribution is 0.0671. The summed E-state index contributed by atoms with van der Waals surface area (Å²) < 4.78 is 12.9. The van der Waals surface area contributed by atoms with Crippen LogP contribution >= 0.6 is 0 Å². The zero-order valence-electron chi connectivity index (χ0n) is 15.0. The van der Waals surface area contributed by atoms with E-state index in [0.29, 0.717) is 37.4 Å². The molecular weight excluding hydrogens is 333 g/mol. The van der Waals surface area contributed by atoms with Gasteiger partial charge in [-0.15, -0.1) is 0 Å². The first-order valence-electron chi connectivity index (χ1n) is 8.62. The molecule has 1 aliphatic heterocycles. The Labute approximate surface area is 152 Å². The van der Waals surface area contributed by atoms with Crippen LogP contribution in [-0.4, -0.2) is 47.9 Å². The van der Waals surface area contributed by atoms with Crippen molar-refractivity contribution in [1.82, 2.24) is 9.80 Å². The molecule has 3 amide bonds. The second kappa shape index (κ2) is 7.56. The number of hydrogen-bond acceptors (Lipinski definition) is 2. The van der Waals surface area contributed by atoms with E-state index in [1.54, 1.807) is 9.80 Å². The van der Waals surface area contributed by atoms with Crippen molar-refractivity contribution in [1.29, 1.82) is 0 Å². The third-order valence-corrected chi connectivity index (χ3v) is 4.56. The van der Waals surface area contributed by atoms with Crippen LogP contribution in [-0.2, 0) is 0 Å². The number of benzene rings is 2. The molecule has 0 spiro atoms. The molecule has 2 aromatic rings. The molecule has 1 saturated heterocycles. The van der Waals surface area contributed by atoms with Gasteiger partial charge in [-0.25, -0.2) is 9.18 Å². The van der Waals surface area contributed by atoms with E-state index in [1.807, 2.05) is 32.0 Å². The first kappa shape index (κ1) is 17.9. The second-order valence-corrected chi connectivity index (χ2v) is 6.53. The van der Waals surface area contributed by atoms with Crippen molar-refractivity contribution in [2.45, 2.75) is 13.8 Å². The number of halogens is 1. The maximum atomic E-state index is 12.9. The number of rotatable bonds is 2. The zero-order valence-corrected chi connectivity index (χ0v) is 15.0. The Morgan fingerprint density at radius 2 is 1.54 bits per heavy atom. The topological polar surface area (TPSA) is 52.7 Å². The Morgan fingerprint density at radius 1 is 0.923 bits per heavy atom. The van der Waals surface area contributed by atoms with Crippen LogP contribution in [0.25, 0.3) is 0 Å². The van der Waals surface area contributed by atoms with E-state index in [-0.39, 0.29) is 17.8 Å². The monoisotopic (exact) mass is 355 g/mol. The molecule has 26 heavy (non-hydrogen) atoms. The Kier molecular flexibility index (Phi) is 5.21. The van der Waals surface area contributed by atoms with Crippen molar-refractivity contribution in [3.8, 4) is 0 Å². The molecule has 1 N–H and O–H groups in total. The van der Waals surface area contributed by atoms with Gasteiger partial charge in [0.1, 0.15) is 5.82 Å². The Hall–Kier alpha value is -2.89. The maximum absolute atomic E-state index is 12.9. The fourth-order valence-electron chi connectivity index (χ4n) is 3.07. The van der Waals surface area contributed by atoms with Crippen LogP contribution in [0.2, 0.25) is 0 Å². The molecule has 0 unspecified atom stereocenters. The van der Waals surface area contributed by atoms with E-state index >= 15 is 0 Å². The number of piperazine rings is 1. The first-order valence-corrected chi connectivity index (χ1v) is 8.62. The van der Waals surface area contributed by atoms with E-state index in [2.05, 4.69) is 5.32 Å². The molecular formula is C20H22FN3O2. The van der Waals surface area contributed by atoms with Crippen molar-refractivity contribution < 1.29 is 14.0 Å². The molecule has 3 rings (SSSR count). The van der Waals surface area contributed by atoms with Crippen LogP contribution in [0, 0.1) is 19.7 Å². The van der Waals surface area contributed by atoms with E-state index in [0.717, 1.165) is 11.1 Å². The highest BCUT2D eigenvalue weighted by atomic mass is 19.1. The average molecular weight is 355 g/mol. The van der Waals surface area contributed by atoms with Gasteiger partial charge < -0.3 is 15.1 Å². The van der Waals surface area contributed by atoms with Gasteiger partial charge in [-0.2, -0.15) is 0 Å². The van der Waals surface area contributed by atoms with Gasteiger partial charge in [0.25, 0.3) is 5.91 Å². The summed E-state index contributed by atoms with van der Waals surface area (Å²) in [7, 11) is 0. The predicted octanol–water partition coefficient (Wildman–Crippen LogP) is 3.43. The number of hydrogen-bond donors (Lipinski definition) is 1. The average Bonchev–Trinajstić information content (AvgIpc) is 2.63. The van der Waals surface area contributed by atoms with E-state index in [4.69, 9.17) is 0 Å². The number of nitrogens with zero attached hydrogens (tertiary/aromatic N) is 2. The number of urea groups is 1. The summed E-state index contributed by atoms with van der Waals surface area (Å²) in [6, 6.07) is 11.2. The van der Waals surface area contributed by atoms with Crippen molar-refractivity contribution in [2.75, 3.05) is 31.5 Å². The number of carbonyl (C=O) groups excluding carboxylic acids is 2. The molecule has 0 bridgehead atoms. The SMILES string of the molecule is Cc1ccc(C(=O)N2CCN(C(=O)Nc3ccc(F)cc3)CC2)c(C)c1. The van der Waals surface area contributed by atoms with Gasteiger partial charge in [0, 0.05) is 37.4 Å². The van der Waals surface area contributed by atoms with Crippen LogP contribution in [0.5, 0.6) is 0 Å². The van der Waals surface area contributed by atoms with Gasteiger partial charge in [0.15, 0.2) is 0 Å². The van der Waals surface area contributed by atoms with Crippen LogP contribution in [0.15, 0.2) is 42.5 Å². The summed E-state index contributed by atoms with van der Waals surface area (Å²) in [4.78, 5) is 28.4. The minimum absolute atomic E-state index is 0.00101. The molecule has 0 radical (unpaired) electrons. The van der Waals surface area contributed by atoms with Gasteiger partial charge >= 0.3 is 6.03 Å². The second-order valence-electron chi connectivity index (χ2n) is 6.53. The van der Waals surface area contributed by atoms with Gasteiger partial charge in [-0.05, 0) is 49.7 Å². The summed E-state index contributed by atoms with van der Waals surface area (Å²) in [5.74, 6) is -0.345. The Bertz CT molecular complexity index is 812. The van der Waals surface area contributed by atoms with Gasteiger partial charge in [-0.3, -0.25) is 4.79 Å². The lowest BCUT2D eigenvalue weighted by Gasteiger charge is -2.35. The highest BCUT2D eigenvalue weighted by Gasteiger charge is 2.25. The number of anilines is 1. The molecule has 1 aliphatic rings. The van der Waals surface area contributed by atoms with Crippen LogP contribution in [0.1, 0.15) is 21.5 Å². The molecule has 0 aliphatic carbocycles. The molecule has 0 aromatic heterocycles. The summed E-state index contributed by atoms with van der Waals surface area (Å²) >= 11 is 0. The standard InChI is InChI=1S/C20H22FN3O2/c1-14-3-8-18(15(2)13-14)19(25)23-9-11-24(12-10-23)20(26)22-17-6-4-16(21)5-7-17/h3-8,13H,9-12H2,1-2H3,(H,22,26). The van der Waals surface area contributed by atoms with E-state index in [9.17, 15) is 14.0 Å². The number of carbonyl (C=O) groups is 2. The van der Waals surface area contributed by atoms with E-state index < -0.39 is 0 Å². The molecule has 0 atom stereocenters. The smallest absolute Gasteiger partial charge is 0.321 e. The van der Waals surface area contributed by atoms with Crippen LogP contribution in [0.3, 0.4) is 0 Å². The van der Waals surface area contributed by atoms with Gasteiger partial charge in [0.2, 0.25) is 0 Å². The quantitative estimate of drug-likeness (QED) is 0.897. The molecule has 1 heterocycles. The minimum atomic E-state index is -0.346. The Balaban J connectivity index is 1.57. The normalized spacial score (nSPS) is 14.3. The van der Waals surface area contributed by atoms with E-state index in [1.165, 1.54) is 24.3 Å². The van der Waals surface area contributed by atoms with Crippen molar-refractivity contribution in [3.05, 3.63) is 65.0 Å². The molecule has 0 saturated carbocycles.